The lowest BCUT2D eigenvalue weighted by Gasteiger charge is -2.00. The number of hydrogen-bond acceptors (Lipinski definition) is 4. The molecule has 2 rings (SSSR count). The van der Waals surface area contributed by atoms with Crippen LogP contribution in [0.15, 0.2) is 40.9 Å². The van der Waals surface area contributed by atoms with E-state index in [1.54, 1.807) is 6.07 Å². The van der Waals surface area contributed by atoms with Gasteiger partial charge in [-0.2, -0.15) is 0 Å². The minimum atomic E-state index is 0.154. The molecule has 0 atom stereocenters. The van der Waals surface area contributed by atoms with E-state index < -0.39 is 0 Å². The number of nitrogens with zero attached hydrogens (tertiary/aromatic N) is 1. The molecule has 0 aliphatic heterocycles. The number of aryl methyl sites for hydroxylation is 1. The van der Waals surface area contributed by atoms with Crippen molar-refractivity contribution in [2.75, 3.05) is 6.61 Å². The van der Waals surface area contributed by atoms with E-state index in [4.69, 9.17) is 14.4 Å². The highest BCUT2D eigenvalue weighted by Crippen LogP contribution is 2.14. The highest BCUT2D eigenvalue weighted by atomic mass is 16.5. The predicted molar refractivity (Wildman–Crippen MR) is 62.7 cm³/mol. The van der Waals surface area contributed by atoms with Gasteiger partial charge in [-0.05, 0) is 17.1 Å². The third-order valence-corrected chi connectivity index (χ3v) is 2.35. The summed E-state index contributed by atoms with van der Waals surface area (Å²) >= 11 is 0. The van der Waals surface area contributed by atoms with Gasteiger partial charge in [-0.3, -0.25) is 0 Å². The van der Waals surface area contributed by atoms with Gasteiger partial charge in [-0.15, -0.1) is 0 Å². The second kappa shape index (κ2) is 6.06. The van der Waals surface area contributed by atoms with Crippen molar-refractivity contribution >= 4 is 0 Å². The molecule has 17 heavy (non-hydrogen) atoms. The minimum Gasteiger partial charge on any atom is -0.471 e. The van der Waals surface area contributed by atoms with Crippen molar-refractivity contribution < 1.29 is 14.4 Å². The smallest absolute Gasteiger partial charge is 0.254 e. The van der Waals surface area contributed by atoms with Gasteiger partial charge in [0, 0.05) is 19.1 Å². The second-order valence-corrected chi connectivity index (χ2v) is 3.73. The molecule has 0 spiro atoms. The maximum Gasteiger partial charge on any atom is 0.254 e. The Morgan fingerprint density at radius 1 is 1.24 bits per heavy atom. The van der Waals surface area contributed by atoms with Crippen LogP contribution in [0, 0.1) is 0 Å². The molecule has 0 bridgehead atoms. The van der Waals surface area contributed by atoms with Crippen molar-refractivity contribution in [3.63, 3.8) is 0 Å². The molecule has 1 aromatic carbocycles. The molecule has 4 heteroatoms. The van der Waals surface area contributed by atoms with Gasteiger partial charge in [0.05, 0.1) is 0 Å². The first kappa shape index (κ1) is 11.7. The molecule has 0 unspecified atom stereocenters. The standard InChI is InChI=1S/C13H15NO3/c15-8-4-7-12-9-13(14-17-12)16-10-11-5-2-1-3-6-11/h1-3,5-6,9,15H,4,7-8,10H2. The van der Waals surface area contributed by atoms with Crippen LogP contribution in [-0.4, -0.2) is 16.9 Å². The Kier molecular flexibility index (Phi) is 4.16. The number of aromatic nitrogens is 1. The summed E-state index contributed by atoms with van der Waals surface area (Å²) in [5.74, 6) is 1.23. The van der Waals surface area contributed by atoms with Crippen LogP contribution >= 0.6 is 0 Å². The van der Waals surface area contributed by atoms with E-state index in [1.165, 1.54) is 0 Å². The Balaban J connectivity index is 1.85. The summed E-state index contributed by atoms with van der Waals surface area (Å²) in [4.78, 5) is 0. The van der Waals surface area contributed by atoms with Crippen molar-refractivity contribution in [1.82, 2.24) is 5.16 Å². The zero-order chi connectivity index (χ0) is 11.9. The van der Waals surface area contributed by atoms with E-state index in [2.05, 4.69) is 5.16 Å². The van der Waals surface area contributed by atoms with Crippen molar-refractivity contribution in [2.45, 2.75) is 19.4 Å². The van der Waals surface area contributed by atoms with Crippen LogP contribution in [0.5, 0.6) is 5.88 Å². The SMILES string of the molecule is OCCCc1cc(OCc2ccccc2)no1. The molecule has 4 nitrogen and oxygen atoms in total. The predicted octanol–water partition coefficient (Wildman–Crippen LogP) is 2.18. The maximum atomic E-state index is 8.69. The molecule has 0 fully saturated rings. The monoisotopic (exact) mass is 233 g/mol. The number of aliphatic hydroxyl groups is 1. The highest BCUT2D eigenvalue weighted by Gasteiger charge is 2.04. The maximum absolute atomic E-state index is 8.69. The summed E-state index contributed by atoms with van der Waals surface area (Å²) in [7, 11) is 0. The lowest BCUT2D eigenvalue weighted by molar-refractivity contribution is 0.261. The first-order valence-corrected chi connectivity index (χ1v) is 5.61. The number of benzene rings is 1. The summed E-state index contributed by atoms with van der Waals surface area (Å²) in [6.45, 7) is 0.633. The zero-order valence-electron chi connectivity index (χ0n) is 9.50. The Labute approximate surface area is 99.8 Å². The molecule has 0 radical (unpaired) electrons. The van der Waals surface area contributed by atoms with Crippen molar-refractivity contribution in [3.05, 3.63) is 47.7 Å². The van der Waals surface area contributed by atoms with Gasteiger partial charge >= 0.3 is 0 Å². The Bertz CT molecular complexity index is 439. The molecule has 2 aromatic rings. The Morgan fingerprint density at radius 3 is 2.82 bits per heavy atom. The third kappa shape index (κ3) is 3.60. The molecule has 90 valence electrons. The molecular weight excluding hydrogens is 218 g/mol. The molecule has 0 saturated heterocycles. The Morgan fingerprint density at radius 2 is 2.06 bits per heavy atom. The molecule has 1 heterocycles. The number of aliphatic hydroxyl groups excluding tert-OH is 1. The molecular formula is C13H15NO3. The van der Waals surface area contributed by atoms with E-state index in [9.17, 15) is 0 Å². The van der Waals surface area contributed by atoms with Gasteiger partial charge in [0.15, 0.2) is 0 Å². The van der Waals surface area contributed by atoms with Crippen molar-refractivity contribution in [2.24, 2.45) is 0 Å². The summed E-state index contributed by atoms with van der Waals surface area (Å²) in [6, 6.07) is 11.6. The molecule has 0 saturated carbocycles. The van der Waals surface area contributed by atoms with Gasteiger partial charge in [-0.25, -0.2) is 0 Å². The van der Waals surface area contributed by atoms with Crippen LogP contribution in [-0.2, 0) is 13.0 Å². The zero-order valence-corrected chi connectivity index (χ0v) is 9.50. The van der Waals surface area contributed by atoms with Gasteiger partial charge in [0.2, 0.25) is 0 Å². The van der Waals surface area contributed by atoms with Gasteiger partial charge in [0.25, 0.3) is 5.88 Å². The number of ether oxygens (including phenoxy) is 1. The number of hydrogen-bond donors (Lipinski definition) is 1. The largest absolute Gasteiger partial charge is 0.471 e. The van der Waals surface area contributed by atoms with Crippen molar-refractivity contribution in [3.8, 4) is 5.88 Å². The van der Waals surface area contributed by atoms with Gasteiger partial charge < -0.3 is 14.4 Å². The fraction of sp³-hybridized carbons (Fsp3) is 0.308. The highest BCUT2D eigenvalue weighted by molar-refractivity contribution is 5.16. The van der Waals surface area contributed by atoms with E-state index in [-0.39, 0.29) is 6.61 Å². The normalized spacial score (nSPS) is 10.4. The van der Waals surface area contributed by atoms with Crippen molar-refractivity contribution in [1.29, 1.82) is 0 Å². The third-order valence-electron chi connectivity index (χ3n) is 2.35. The quantitative estimate of drug-likeness (QED) is 0.830. The van der Waals surface area contributed by atoms with Crippen LogP contribution in [0.4, 0.5) is 0 Å². The minimum absolute atomic E-state index is 0.154. The van der Waals surface area contributed by atoms with Crippen LogP contribution < -0.4 is 4.74 Å². The average Bonchev–Trinajstić information content (AvgIpc) is 2.83. The number of rotatable bonds is 6. The average molecular weight is 233 g/mol. The molecule has 1 aromatic heterocycles. The van der Waals surface area contributed by atoms with Gasteiger partial charge in [-0.1, -0.05) is 30.3 Å². The summed E-state index contributed by atoms with van der Waals surface area (Å²) < 4.78 is 10.6. The van der Waals surface area contributed by atoms with Crippen LogP contribution in [0.25, 0.3) is 0 Å². The van der Waals surface area contributed by atoms with Crippen LogP contribution in [0.1, 0.15) is 17.7 Å². The summed E-state index contributed by atoms with van der Waals surface area (Å²) in [5.41, 5.74) is 1.09. The topological polar surface area (TPSA) is 55.5 Å². The molecule has 0 amide bonds. The van der Waals surface area contributed by atoms with Gasteiger partial charge in [0.1, 0.15) is 12.4 Å². The summed E-state index contributed by atoms with van der Waals surface area (Å²) in [5, 5.41) is 12.5. The van der Waals surface area contributed by atoms with E-state index in [0.29, 0.717) is 25.3 Å². The fourth-order valence-corrected chi connectivity index (χ4v) is 1.46. The van der Waals surface area contributed by atoms with Crippen LogP contribution in [0.3, 0.4) is 0 Å². The first-order valence-electron chi connectivity index (χ1n) is 5.61. The lowest BCUT2D eigenvalue weighted by Crippen LogP contribution is -1.94. The van der Waals surface area contributed by atoms with E-state index in [0.717, 1.165) is 11.3 Å². The first-order chi connectivity index (χ1) is 8.38. The molecule has 0 aliphatic carbocycles. The van der Waals surface area contributed by atoms with E-state index >= 15 is 0 Å². The van der Waals surface area contributed by atoms with E-state index in [1.807, 2.05) is 30.3 Å². The fourth-order valence-electron chi connectivity index (χ4n) is 1.46. The second-order valence-electron chi connectivity index (χ2n) is 3.73. The lowest BCUT2D eigenvalue weighted by atomic mass is 10.2. The summed E-state index contributed by atoms with van der Waals surface area (Å²) in [6.07, 6.45) is 1.35. The van der Waals surface area contributed by atoms with Crippen LogP contribution in [0.2, 0.25) is 0 Å². The molecule has 0 aliphatic rings. The Hall–Kier alpha value is -1.81. The molecule has 1 N–H and O–H groups in total.